The number of anilines is 2. The quantitative estimate of drug-likeness (QED) is 0.521. The minimum Gasteiger partial charge on any atom is -0.496 e. The number of likely N-dealkylation sites (N-methyl/N-ethyl adjacent to an activating group) is 1. The Bertz CT molecular complexity index is 1170. The van der Waals surface area contributed by atoms with Crippen molar-refractivity contribution < 1.29 is 9.53 Å². The minimum atomic E-state index is 0.188. The van der Waals surface area contributed by atoms with Crippen LogP contribution in [0.25, 0.3) is 16.1 Å². The zero-order valence-corrected chi connectivity index (χ0v) is 19.6. The van der Waals surface area contributed by atoms with E-state index in [2.05, 4.69) is 42.5 Å². The fourth-order valence-electron chi connectivity index (χ4n) is 4.12. The molecule has 1 saturated heterocycles. The van der Waals surface area contributed by atoms with Crippen molar-refractivity contribution in [2.45, 2.75) is 18.8 Å². The van der Waals surface area contributed by atoms with Crippen LogP contribution in [0.5, 0.6) is 5.75 Å². The number of benzene rings is 1. The van der Waals surface area contributed by atoms with E-state index >= 15 is 0 Å². The number of carbonyl (C=O) groups is 1. The van der Waals surface area contributed by atoms with Crippen molar-refractivity contribution in [1.82, 2.24) is 30.0 Å². The normalized spacial score (nSPS) is 14.1. The van der Waals surface area contributed by atoms with Gasteiger partial charge in [0.25, 0.3) is 5.82 Å². The topological polar surface area (TPSA) is 104 Å². The molecule has 4 rings (SSSR count). The first-order valence-electron chi connectivity index (χ1n) is 11.1. The highest BCUT2D eigenvalue weighted by atomic mass is 16.5. The van der Waals surface area contributed by atoms with Gasteiger partial charge in [0.2, 0.25) is 5.91 Å². The lowest BCUT2D eigenvalue weighted by molar-refractivity contribution is -0.132. The molecule has 3 aromatic rings. The number of nitrogens with zero attached hydrogens (tertiary/aromatic N) is 6. The summed E-state index contributed by atoms with van der Waals surface area (Å²) < 4.78 is 5.70. The van der Waals surface area contributed by atoms with Crippen LogP contribution in [0.4, 0.5) is 17.5 Å². The fraction of sp³-hybridized carbons (Fsp3) is 0.375. The maximum Gasteiger partial charge on any atom is 0.288 e. The molecule has 34 heavy (non-hydrogen) atoms. The van der Waals surface area contributed by atoms with Gasteiger partial charge < -0.3 is 24.7 Å². The van der Waals surface area contributed by atoms with Crippen molar-refractivity contribution in [3.05, 3.63) is 53.6 Å². The lowest BCUT2D eigenvalue weighted by atomic mass is 9.88. The molecule has 3 heterocycles. The zero-order chi connectivity index (χ0) is 24.1. The number of likely N-dealkylation sites (tertiary alicyclic amines) is 1. The molecule has 0 bridgehead atoms. The van der Waals surface area contributed by atoms with E-state index in [1.807, 2.05) is 36.0 Å². The van der Waals surface area contributed by atoms with Gasteiger partial charge in [0.1, 0.15) is 5.75 Å². The van der Waals surface area contributed by atoms with Gasteiger partial charge in [-0.25, -0.2) is 4.98 Å². The summed E-state index contributed by atoms with van der Waals surface area (Å²) in [6.07, 6.45) is 4.78. The van der Waals surface area contributed by atoms with E-state index in [0.717, 1.165) is 42.9 Å². The molecule has 2 aromatic heterocycles. The number of nitrogens with one attached hydrogen (secondary N) is 2. The number of ether oxygens (including phenoxy) is 1. The number of hydrogen-bond acceptors (Lipinski definition) is 7. The predicted molar refractivity (Wildman–Crippen MR) is 129 cm³/mol. The third kappa shape index (κ3) is 5.32. The highest BCUT2D eigenvalue weighted by Crippen LogP contribution is 2.36. The molecule has 2 N–H and O–H groups in total. The van der Waals surface area contributed by atoms with Crippen molar-refractivity contribution in [3.8, 4) is 17.0 Å². The zero-order valence-electron chi connectivity index (χ0n) is 19.6. The summed E-state index contributed by atoms with van der Waals surface area (Å²) in [7, 11) is 5.49. The first kappa shape index (κ1) is 23.2. The summed E-state index contributed by atoms with van der Waals surface area (Å²) in [5.41, 5.74) is 2.92. The van der Waals surface area contributed by atoms with Crippen LogP contribution in [0.1, 0.15) is 24.3 Å². The van der Waals surface area contributed by atoms with Crippen LogP contribution in [0.3, 0.4) is 0 Å². The van der Waals surface area contributed by atoms with Gasteiger partial charge >= 0.3 is 0 Å². The Morgan fingerprint density at radius 2 is 2.03 bits per heavy atom. The van der Waals surface area contributed by atoms with Gasteiger partial charge in [-0.2, -0.15) is 5.10 Å². The second-order valence-corrected chi connectivity index (χ2v) is 8.52. The SMILES string of the molecule is [C-]#[N+]c1cnc(Nc2cc(-c3ccc(C4CCN(C(=O)CN(C)C)CC4)cc3OC)[nH]n2)cn1. The standard InChI is InChI=1S/C24H28N8O2/c1-25-22-13-27-23(14-26-22)28-21-12-19(29-30-21)18-6-5-17(11-20(18)34-4)16-7-9-32(10-8-16)24(33)15-31(2)3/h5-6,11-14,16H,7-10,15H2,2-4H3,(H2,27,28,29,30). The van der Waals surface area contributed by atoms with Gasteiger partial charge in [-0.1, -0.05) is 12.6 Å². The van der Waals surface area contributed by atoms with Gasteiger partial charge in [-0.3, -0.25) is 9.89 Å². The fourth-order valence-corrected chi connectivity index (χ4v) is 4.12. The number of amides is 1. The molecule has 176 valence electrons. The Balaban J connectivity index is 1.44. The lowest BCUT2D eigenvalue weighted by Crippen LogP contribution is -2.42. The first-order valence-corrected chi connectivity index (χ1v) is 11.1. The molecule has 0 saturated carbocycles. The smallest absolute Gasteiger partial charge is 0.288 e. The van der Waals surface area contributed by atoms with Gasteiger partial charge in [0.05, 0.1) is 25.5 Å². The van der Waals surface area contributed by atoms with Crippen LogP contribution >= 0.6 is 0 Å². The Kier molecular flexibility index (Phi) is 7.04. The molecule has 10 nitrogen and oxygen atoms in total. The molecule has 10 heteroatoms. The van der Waals surface area contributed by atoms with Crippen LogP contribution < -0.4 is 10.1 Å². The highest BCUT2D eigenvalue weighted by molar-refractivity contribution is 5.78. The second-order valence-electron chi connectivity index (χ2n) is 8.52. The van der Waals surface area contributed by atoms with Crippen LogP contribution in [-0.2, 0) is 4.79 Å². The monoisotopic (exact) mass is 460 g/mol. The Morgan fingerprint density at radius 1 is 1.24 bits per heavy atom. The van der Waals surface area contributed by atoms with E-state index in [1.54, 1.807) is 7.11 Å². The molecular weight excluding hydrogens is 432 g/mol. The van der Waals surface area contributed by atoms with Crippen LogP contribution in [0, 0.1) is 6.57 Å². The number of H-pyrrole nitrogens is 1. The maximum absolute atomic E-state index is 12.3. The van der Waals surface area contributed by atoms with Gasteiger partial charge in [0, 0.05) is 24.7 Å². The number of hydrogen-bond donors (Lipinski definition) is 2. The summed E-state index contributed by atoms with van der Waals surface area (Å²) in [5.74, 6) is 2.67. The summed E-state index contributed by atoms with van der Waals surface area (Å²) in [6.45, 7) is 8.96. The summed E-state index contributed by atoms with van der Waals surface area (Å²) in [5, 5.41) is 10.4. The van der Waals surface area contributed by atoms with Crippen LogP contribution in [0.2, 0.25) is 0 Å². The average Bonchev–Trinajstić information content (AvgIpc) is 3.32. The third-order valence-corrected chi connectivity index (χ3v) is 5.87. The number of carbonyl (C=O) groups excluding carboxylic acids is 1. The molecule has 0 aliphatic carbocycles. The summed E-state index contributed by atoms with van der Waals surface area (Å²) >= 11 is 0. The Hall–Kier alpha value is -3.97. The Morgan fingerprint density at radius 3 is 2.68 bits per heavy atom. The van der Waals surface area contributed by atoms with E-state index in [4.69, 9.17) is 11.3 Å². The van der Waals surface area contributed by atoms with E-state index in [0.29, 0.717) is 24.1 Å². The predicted octanol–water partition coefficient (Wildman–Crippen LogP) is 3.44. The van der Waals surface area contributed by atoms with E-state index in [-0.39, 0.29) is 11.7 Å². The van der Waals surface area contributed by atoms with Gasteiger partial charge in [-0.15, -0.1) is 4.98 Å². The summed E-state index contributed by atoms with van der Waals surface area (Å²) in [4.78, 5) is 27.6. The number of rotatable bonds is 7. The number of piperidine rings is 1. The molecule has 1 amide bonds. The van der Waals surface area contributed by atoms with Crippen molar-refractivity contribution in [1.29, 1.82) is 0 Å². The average molecular weight is 461 g/mol. The van der Waals surface area contributed by atoms with Crippen molar-refractivity contribution >= 4 is 23.4 Å². The number of methoxy groups -OCH3 is 1. The molecule has 0 unspecified atom stereocenters. The largest absolute Gasteiger partial charge is 0.496 e. The molecule has 0 spiro atoms. The first-order chi connectivity index (χ1) is 16.5. The third-order valence-electron chi connectivity index (χ3n) is 5.87. The van der Waals surface area contributed by atoms with Crippen molar-refractivity contribution in [2.75, 3.05) is 46.2 Å². The summed E-state index contributed by atoms with van der Waals surface area (Å²) in [6, 6.07) is 8.12. The van der Waals surface area contributed by atoms with E-state index in [1.165, 1.54) is 18.0 Å². The second kappa shape index (κ2) is 10.3. The lowest BCUT2D eigenvalue weighted by Gasteiger charge is -2.33. The molecule has 0 atom stereocenters. The molecular formula is C24H28N8O2. The Labute approximate surface area is 198 Å². The highest BCUT2D eigenvalue weighted by Gasteiger charge is 2.25. The maximum atomic E-state index is 12.3. The molecule has 1 aliphatic heterocycles. The molecule has 1 aromatic carbocycles. The van der Waals surface area contributed by atoms with Crippen molar-refractivity contribution in [3.63, 3.8) is 0 Å². The van der Waals surface area contributed by atoms with Crippen molar-refractivity contribution in [2.24, 2.45) is 0 Å². The molecule has 0 radical (unpaired) electrons. The van der Waals surface area contributed by atoms with E-state index in [9.17, 15) is 4.79 Å². The van der Waals surface area contributed by atoms with E-state index < -0.39 is 0 Å². The van der Waals surface area contributed by atoms with Gasteiger partial charge in [0.15, 0.2) is 17.8 Å². The van der Waals surface area contributed by atoms with Crippen LogP contribution in [0.15, 0.2) is 36.7 Å². The molecule has 1 aliphatic rings. The number of aromatic nitrogens is 4. The van der Waals surface area contributed by atoms with Gasteiger partial charge in [-0.05, 0) is 50.6 Å². The minimum absolute atomic E-state index is 0.188. The number of aromatic amines is 1. The van der Waals surface area contributed by atoms with Crippen LogP contribution in [-0.4, -0.2) is 76.7 Å². The molecule has 1 fully saturated rings.